The zero-order chi connectivity index (χ0) is 26.6. The van der Waals surface area contributed by atoms with Crippen LogP contribution in [-0.2, 0) is 4.74 Å². The van der Waals surface area contributed by atoms with Crippen LogP contribution in [0.3, 0.4) is 0 Å². The summed E-state index contributed by atoms with van der Waals surface area (Å²) in [5.74, 6) is -0.425. The van der Waals surface area contributed by atoms with Crippen molar-refractivity contribution >= 4 is 11.9 Å². The highest BCUT2D eigenvalue weighted by Crippen LogP contribution is 2.21. The van der Waals surface area contributed by atoms with Gasteiger partial charge in [-0.05, 0) is 43.0 Å². The third-order valence-corrected chi connectivity index (χ3v) is 5.99. The van der Waals surface area contributed by atoms with Crippen LogP contribution in [0, 0.1) is 5.92 Å². The smallest absolute Gasteiger partial charge is 0.341 e. The summed E-state index contributed by atoms with van der Waals surface area (Å²) in [5.41, 5.74) is 0.478. The lowest BCUT2D eigenvalue weighted by Crippen LogP contribution is -2.13. The van der Waals surface area contributed by atoms with E-state index in [2.05, 4.69) is 20.8 Å². The van der Waals surface area contributed by atoms with Crippen molar-refractivity contribution in [2.75, 3.05) is 13.2 Å². The van der Waals surface area contributed by atoms with E-state index in [1.807, 2.05) is 0 Å². The summed E-state index contributed by atoms with van der Waals surface area (Å²) < 4.78 is 10.8. The molecule has 0 aliphatic rings. The summed E-state index contributed by atoms with van der Waals surface area (Å²) in [6.45, 7) is 7.54. The number of hydrogen-bond donors (Lipinski definition) is 2. The number of hydrogen-bond acceptors (Lipinski definition) is 5. The lowest BCUT2D eigenvalue weighted by molar-refractivity contribution is 0.0494. The summed E-state index contributed by atoms with van der Waals surface area (Å²) in [6, 6.07) is 13.3. The van der Waals surface area contributed by atoms with Crippen LogP contribution in [-0.4, -0.2) is 35.4 Å². The molecule has 0 fully saturated rings. The van der Waals surface area contributed by atoms with Crippen molar-refractivity contribution in [2.24, 2.45) is 5.92 Å². The Balaban J connectivity index is 0.000000360. The van der Waals surface area contributed by atoms with Gasteiger partial charge in [-0.2, -0.15) is 0 Å². The first-order valence-electron chi connectivity index (χ1n) is 13.3. The quantitative estimate of drug-likeness (QED) is 0.180. The molecule has 2 N–H and O–H groups in total. The van der Waals surface area contributed by atoms with Gasteiger partial charge in [-0.15, -0.1) is 0 Å². The summed E-state index contributed by atoms with van der Waals surface area (Å²) in [4.78, 5) is 22.6. The van der Waals surface area contributed by atoms with Gasteiger partial charge in [0, 0.05) is 0 Å². The fourth-order valence-electron chi connectivity index (χ4n) is 3.65. The largest absolute Gasteiger partial charge is 0.507 e. The molecule has 0 aliphatic carbocycles. The van der Waals surface area contributed by atoms with E-state index < -0.39 is 11.9 Å². The Bertz CT molecular complexity index is 879. The maximum atomic E-state index is 11.6. The molecular formula is C30H44O6. The van der Waals surface area contributed by atoms with Crippen molar-refractivity contribution in [3.8, 4) is 11.5 Å². The van der Waals surface area contributed by atoms with Crippen LogP contribution in [0.25, 0.3) is 0 Å². The van der Waals surface area contributed by atoms with Crippen LogP contribution in [0.1, 0.15) is 106 Å². The number of phenolic OH excluding ortho intramolecular Hbond substituents is 1. The Labute approximate surface area is 216 Å². The zero-order valence-corrected chi connectivity index (χ0v) is 22.2. The first kappa shape index (κ1) is 31.0. The van der Waals surface area contributed by atoms with Gasteiger partial charge >= 0.3 is 11.9 Å². The SMILES string of the molecule is CCCCC(CC)COc1ccccc1C(=O)O.CCCCCCCCOC(=O)c1ccccc1O. The molecule has 2 aromatic carbocycles. The summed E-state index contributed by atoms with van der Waals surface area (Å²) >= 11 is 0. The van der Waals surface area contributed by atoms with Gasteiger partial charge in [0.1, 0.15) is 22.6 Å². The monoisotopic (exact) mass is 500 g/mol. The predicted molar refractivity (Wildman–Crippen MR) is 144 cm³/mol. The number of carboxylic acid groups (broad SMARTS) is 1. The minimum atomic E-state index is -0.938. The van der Waals surface area contributed by atoms with Gasteiger partial charge in [0.2, 0.25) is 0 Å². The minimum Gasteiger partial charge on any atom is -0.507 e. The van der Waals surface area contributed by atoms with E-state index in [0.29, 0.717) is 24.9 Å². The number of carboxylic acids is 1. The van der Waals surface area contributed by atoms with Crippen molar-refractivity contribution in [3.05, 3.63) is 59.7 Å². The van der Waals surface area contributed by atoms with Gasteiger partial charge in [-0.25, -0.2) is 9.59 Å². The molecule has 36 heavy (non-hydrogen) atoms. The van der Waals surface area contributed by atoms with Gasteiger partial charge in [0.25, 0.3) is 0 Å². The fraction of sp³-hybridized carbons (Fsp3) is 0.533. The second kappa shape index (κ2) is 19.2. The first-order valence-corrected chi connectivity index (χ1v) is 13.3. The Morgan fingerprint density at radius 3 is 2.06 bits per heavy atom. The molecule has 0 saturated heterocycles. The number of carbonyl (C=O) groups is 2. The first-order chi connectivity index (χ1) is 17.4. The van der Waals surface area contributed by atoms with Crippen LogP contribution in [0.15, 0.2) is 48.5 Å². The molecule has 1 atom stereocenters. The molecule has 200 valence electrons. The molecule has 0 spiro atoms. The number of aromatic carboxylic acids is 1. The highest BCUT2D eigenvalue weighted by atomic mass is 16.5. The maximum absolute atomic E-state index is 11.6. The van der Waals surface area contributed by atoms with Crippen molar-refractivity contribution in [3.63, 3.8) is 0 Å². The predicted octanol–water partition coefficient (Wildman–Crippen LogP) is 7.89. The lowest BCUT2D eigenvalue weighted by Gasteiger charge is -2.16. The van der Waals surface area contributed by atoms with Gasteiger partial charge in [-0.1, -0.05) is 96.4 Å². The standard InChI is InChI=1S/2C15H22O3/c1-3-5-8-12(4-2)11-18-14-10-7-6-9-13(14)15(16)17;1-2-3-4-5-6-9-12-18-15(17)13-10-7-8-11-14(13)16/h6-7,9-10,12H,3-5,8,11H2,1-2H3,(H,16,17);7-8,10-11,16H,2-6,9,12H2,1H3. The second-order valence-corrected chi connectivity index (χ2v) is 8.95. The molecule has 0 aliphatic heterocycles. The molecule has 6 heteroatoms. The normalized spacial score (nSPS) is 11.2. The average Bonchev–Trinajstić information content (AvgIpc) is 2.89. The summed E-state index contributed by atoms with van der Waals surface area (Å²) in [6.07, 6.45) is 11.5. The van der Waals surface area contributed by atoms with Gasteiger partial charge in [0.15, 0.2) is 0 Å². The van der Waals surface area contributed by atoms with Crippen molar-refractivity contribution < 1.29 is 29.3 Å². The molecule has 0 heterocycles. The molecule has 2 rings (SSSR count). The number of para-hydroxylation sites is 2. The van der Waals surface area contributed by atoms with Crippen LogP contribution >= 0.6 is 0 Å². The molecule has 0 saturated carbocycles. The molecule has 0 radical (unpaired) electrons. The zero-order valence-electron chi connectivity index (χ0n) is 22.2. The topological polar surface area (TPSA) is 93.1 Å². The number of unbranched alkanes of at least 4 members (excludes halogenated alkanes) is 6. The number of rotatable bonds is 16. The highest BCUT2D eigenvalue weighted by Gasteiger charge is 2.13. The third kappa shape index (κ3) is 12.6. The Morgan fingerprint density at radius 1 is 0.806 bits per heavy atom. The Hall–Kier alpha value is -3.02. The number of phenols is 1. The molecule has 0 bridgehead atoms. The molecule has 0 aromatic heterocycles. The average molecular weight is 501 g/mol. The number of aromatic hydroxyl groups is 1. The van der Waals surface area contributed by atoms with Gasteiger partial charge in [0.05, 0.1) is 13.2 Å². The van der Waals surface area contributed by atoms with Crippen molar-refractivity contribution in [2.45, 2.75) is 85.0 Å². The van der Waals surface area contributed by atoms with E-state index in [0.717, 1.165) is 25.7 Å². The van der Waals surface area contributed by atoms with Gasteiger partial charge in [-0.3, -0.25) is 0 Å². The lowest BCUT2D eigenvalue weighted by atomic mass is 10.0. The van der Waals surface area contributed by atoms with E-state index in [1.165, 1.54) is 44.6 Å². The molecule has 2 aromatic rings. The molecule has 0 amide bonds. The third-order valence-electron chi connectivity index (χ3n) is 5.99. The molecular weight excluding hydrogens is 456 g/mol. The summed E-state index contributed by atoms with van der Waals surface area (Å²) in [5, 5.41) is 18.5. The number of esters is 1. The second-order valence-electron chi connectivity index (χ2n) is 8.95. The van der Waals surface area contributed by atoms with E-state index in [1.54, 1.807) is 42.5 Å². The number of benzene rings is 2. The van der Waals surface area contributed by atoms with Crippen LogP contribution in [0.2, 0.25) is 0 Å². The summed E-state index contributed by atoms with van der Waals surface area (Å²) in [7, 11) is 0. The van der Waals surface area contributed by atoms with E-state index in [4.69, 9.17) is 14.6 Å². The molecule has 6 nitrogen and oxygen atoms in total. The van der Waals surface area contributed by atoms with E-state index in [9.17, 15) is 14.7 Å². The van der Waals surface area contributed by atoms with E-state index in [-0.39, 0.29) is 16.9 Å². The van der Waals surface area contributed by atoms with Crippen molar-refractivity contribution in [1.29, 1.82) is 0 Å². The van der Waals surface area contributed by atoms with E-state index >= 15 is 0 Å². The van der Waals surface area contributed by atoms with Crippen LogP contribution < -0.4 is 4.74 Å². The minimum absolute atomic E-state index is 0.0227. The maximum Gasteiger partial charge on any atom is 0.341 e. The fourth-order valence-corrected chi connectivity index (χ4v) is 3.65. The van der Waals surface area contributed by atoms with Crippen LogP contribution in [0.5, 0.6) is 11.5 Å². The number of ether oxygens (including phenoxy) is 2. The highest BCUT2D eigenvalue weighted by molar-refractivity contribution is 5.92. The van der Waals surface area contributed by atoms with Crippen molar-refractivity contribution in [1.82, 2.24) is 0 Å². The van der Waals surface area contributed by atoms with Crippen LogP contribution in [0.4, 0.5) is 0 Å². The van der Waals surface area contributed by atoms with Gasteiger partial charge < -0.3 is 19.7 Å². The number of carbonyl (C=O) groups excluding carboxylic acids is 1. The Kier molecular flexibility index (Phi) is 16.5. The Morgan fingerprint density at radius 2 is 1.42 bits per heavy atom. The molecule has 1 unspecified atom stereocenters.